The highest BCUT2D eigenvalue weighted by Crippen LogP contribution is 2.31. The van der Waals surface area contributed by atoms with E-state index < -0.39 is 0 Å². The predicted octanol–water partition coefficient (Wildman–Crippen LogP) is 3.32. The number of nitrogen functional groups attached to an aromatic ring is 1. The van der Waals surface area contributed by atoms with E-state index in [1.165, 1.54) is 6.42 Å². The van der Waals surface area contributed by atoms with Crippen LogP contribution in [-0.2, 0) is 4.74 Å². The molecule has 1 aromatic carbocycles. The molecule has 1 aromatic rings. The Balaban J connectivity index is 2.15. The average Bonchev–Trinajstić information content (AvgIpc) is 2.36. The number of benzene rings is 1. The number of nitrogens with two attached hydrogens (primary N) is 1. The van der Waals surface area contributed by atoms with Gasteiger partial charge in [0, 0.05) is 19.8 Å². The second-order valence-corrected chi connectivity index (χ2v) is 6.62. The smallest absolute Gasteiger partial charge is 0.340 e. The Kier molecular flexibility index (Phi) is 4.76. The van der Waals surface area contributed by atoms with Crippen molar-refractivity contribution in [1.29, 1.82) is 0 Å². The van der Waals surface area contributed by atoms with E-state index in [0.717, 1.165) is 18.5 Å². The number of nitrogens with zero attached hydrogens (tertiary/aromatic N) is 1. The van der Waals surface area contributed by atoms with E-state index in [1.807, 2.05) is 25.1 Å². The molecule has 0 amide bonds. The van der Waals surface area contributed by atoms with E-state index in [9.17, 15) is 4.79 Å². The second kappa shape index (κ2) is 6.37. The molecule has 0 radical (unpaired) electrons. The maximum atomic E-state index is 12.5. The Labute approximate surface area is 127 Å². The fraction of sp³-hybridized carbons (Fsp3) is 0.588. The second-order valence-electron chi connectivity index (χ2n) is 6.62. The summed E-state index contributed by atoms with van der Waals surface area (Å²) in [6.45, 7) is 4.45. The van der Waals surface area contributed by atoms with Gasteiger partial charge in [-0.1, -0.05) is 13.8 Å². The quantitative estimate of drug-likeness (QED) is 0.685. The lowest BCUT2D eigenvalue weighted by molar-refractivity contribution is 0.00814. The van der Waals surface area contributed by atoms with Gasteiger partial charge in [0.05, 0.1) is 11.3 Å². The van der Waals surface area contributed by atoms with Crippen LogP contribution < -0.4 is 10.6 Å². The van der Waals surface area contributed by atoms with Crippen molar-refractivity contribution in [3.63, 3.8) is 0 Å². The molecular weight excluding hydrogens is 264 g/mol. The molecule has 0 heterocycles. The highest BCUT2D eigenvalue weighted by molar-refractivity contribution is 5.97. The van der Waals surface area contributed by atoms with Crippen molar-refractivity contribution in [3.8, 4) is 0 Å². The summed E-state index contributed by atoms with van der Waals surface area (Å²) in [5, 5.41) is 0. The van der Waals surface area contributed by atoms with Crippen LogP contribution >= 0.6 is 0 Å². The molecule has 0 aromatic heterocycles. The minimum Gasteiger partial charge on any atom is -0.459 e. The van der Waals surface area contributed by atoms with Crippen LogP contribution in [0.15, 0.2) is 18.2 Å². The highest BCUT2D eigenvalue weighted by atomic mass is 16.5. The van der Waals surface area contributed by atoms with Gasteiger partial charge >= 0.3 is 5.97 Å². The summed E-state index contributed by atoms with van der Waals surface area (Å²) in [6.07, 6.45) is 3.15. The van der Waals surface area contributed by atoms with Gasteiger partial charge in [-0.25, -0.2) is 4.79 Å². The molecule has 21 heavy (non-hydrogen) atoms. The van der Waals surface area contributed by atoms with Gasteiger partial charge in [0.25, 0.3) is 0 Å². The van der Waals surface area contributed by atoms with Crippen molar-refractivity contribution in [2.45, 2.75) is 39.2 Å². The lowest BCUT2D eigenvalue weighted by atomic mass is 9.82. The molecule has 0 bridgehead atoms. The molecule has 1 fully saturated rings. The minimum absolute atomic E-state index is 0.0210. The summed E-state index contributed by atoms with van der Waals surface area (Å²) >= 11 is 0. The lowest BCUT2D eigenvalue weighted by Gasteiger charge is -2.31. The molecule has 2 unspecified atom stereocenters. The van der Waals surface area contributed by atoms with Gasteiger partial charge in [-0.05, 0) is 49.3 Å². The Morgan fingerprint density at radius 2 is 1.81 bits per heavy atom. The SMILES string of the molecule is CC1CC(C)CC(OC(=O)c2cc(N)ccc2N(C)C)C1. The molecule has 1 aliphatic rings. The molecule has 0 saturated heterocycles. The van der Waals surface area contributed by atoms with E-state index in [4.69, 9.17) is 10.5 Å². The molecule has 4 heteroatoms. The van der Waals surface area contributed by atoms with Gasteiger partial charge in [-0.2, -0.15) is 0 Å². The van der Waals surface area contributed by atoms with Gasteiger partial charge in [-0.3, -0.25) is 0 Å². The molecule has 2 rings (SSSR count). The third-order valence-corrected chi connectivity index (χ3v) is 4.13. The van der Waals surface area contributed by atoms with E-state index in [2.05, 4.69) is 13.8 Å². The number of carbonyl (C=O) groups excluding carboxylic acids is 1. The minimum atomic E-state index is -0.266. The Hall–Kier alpha value is -1.71. The van der Waals surface area contributed by atoms with Crippen molar-refractivity contribution in [3.05, 3.63) is 23.8 Å². The zero-order valence-electron chi connectivity index (χ0n) is 13.4. The van der Waals surface area contributed by atoms with Crippen LogP contribution in [0.5, 0.6) is 0 Å². The van der Waals surface area contributed by atoms with Crippen molar-refractivity contribution < 1.29 is 9.53 Å². The maximum absolute atomic E-state index is 12.5. The van der Waals surface area contributed by atoms with Crippen LogP contribution in [0.25, 0.3) is 0 Å². The average molecular weight is 290 g/mol. The van der Waals surface area contributed by atoms with Crippen LogP contribution in [-0.4, -0.2) is 26.2 Å². The fourth-order valence-corrected chi connectivity index (χ4v) is 3.29. The molecule has 1 aliphatic carbocycles. The molecule has 0 spiro atoms. The number of hydrogen-bond acceptors (Lipinski definition) is 4. The summed E-state index contributed by atoms with van der Waals surface area (Å²) in [5.74, 6) is 0.957. The van der Waals surface area contributed by atoms with Gasteiger partial charge in [0.1, 0.15) is 6.10 Å². The van der Waals surface area contributed by atoms with E-state index in [1.54, 1.807) is 12.1 Å². The normalized spacial score (nSPS) is 25.4. The Morgan fingerprint density at radius 3 is 2.38 bits per heavy atom. The fourth-order valence-electron chi connectivity index (χ4n) is 3.29. The number of carbonyl (C=O) groups is 1. The molecule has 1 saturated carbocycles. The van der Waals surface area contributed by atoms with Gasteiger partial charge in [-0.15, -0.1) is 0 Å². The number of esters is 1. The molecule has 2 N–H and O–H groups in total. The first-order valence-electron chi connectivity index (χ1n) is 7.64. The van der Waals surface area contributed by atoms with Crippen molar-refractivity contribution in [2.75, 3.05) is 24.7 Å². The van der Waals surface area contributed by atoms with Gasteiger partial charge in [0.2, 0.25) is 0 Å². The first-order valence-corrected chi connectivity index (χ1v) is 7.64. The van der Waals surface area contributed by atoms with Crippen molar-refractivity contribution >= 4 is 17.3 Å². The maximum Gasteiger partial charge on any atom is 0.340 e. The third kappa shape index (κ3) is 3.90. The third-order valence-electron chi connectivity index (χ3n) is 4.13. The van der Waals surface area contributed by atoms with Gasteiger partial charge < -0.3 is 15.4 Å². The molecule has 0 aliphatic heterocycles. The molecule has 2 atom stereocenters. The number of hydrogen-bond donors (Lipinski definition) is 1. The summed E-state index contributed by atoms with van der Waals surface area (Å²) in [5.41, 5.74) is 7.78. The topological polar surface area (TPSA) is 55.6 Å². The van der Waals surface area contributed by atoms with E-state index in [0.29, 0.717) is 23.1 Å². The summed E-state index contributed by atoms with van der Waals surface area (Å²) in [4.78, 5) is 14.4. The monoisotopic (exact) mass is 290 g/mol. The number of ether oxygens (including phenoxy) is 1. The zero-order valence-corrected chi connectivity index (χ0v) is 13.4. The standard InChI is InChI=1S/C17H26N2O2/c1-11-7-12(2)9-14(8-11)21-17(20)15-10-13(18)5-6-16(15)19(3)4/h5-6,10-12,14H,7-9,18H2,1-4H3. The van der Waals surface area contributed by atoms with Crippen LogP contribution in [0.1, 0.15) is 43.5 Å². The predicted molar refractivity (Wildman–Crippen MR) is 86.6 cm³/mol. The molecular formula is C17H26N2O2. The number of rotatable bonds is 3. The van der Waals surface area contributed by atoms with E-state index in [-0.39, 0.29) is 12.1 Å². The van der Waals surface area contributed by atoms with Crippen LogP contribution in [0.3, 0.4) is 0 Å². The summed E-state index contributed by atoms with van der Waals surface area (Å²) in [6, 6.07) is 5.36. The Morgan fingerprint density at radius 1 is 1.19 bits per heavy atom. The molecule has 4 nitrogen and oxygen atoms in total. The summed E-state index contributed by atoms with van der Waals surface area (Å²) in [7, 11) is 3.82. The van der Waals surface area contributed by atoms with Crippen molar-refractivity contribution in [2.24, 2.45) is 11.8 Å². The number of anilines is 2. The highest BCUT2D eigenvalue weighted by Gasteiger charge is 2.27. The van der Waals surface area contributed by atoms with Crippen molar-refractivity contribution in [1.82, 2.24) is 0 Å². The Bertz CT molecular complexity index is 504. The first-order chi connectivity index (χ1) is 9.86. The summed E-state index contributed by atoms with van der Waals surface area (Å²) < 4.78 is 5.74. The largest absolute Gasteiger partial charge is 0.459 e. The van der Waals surface area contributed by atoms with Gasteiger partial charge in [0.15, 0.2) is 0 Å². The lowest BCUT2D eigenvalue weighted by Crippen LogP contribution is -2.29. The zero-order chi connectivity index (χ0) is 15.6. The first kappa shape index (κ1) is 15.7. The van der Waals surface area contributed by atoms with Crippen LogP contribution in [0, 0.1) is 11.8 Å². The van der Waals surface area contributed by atoms with Crippen LogP contribution in [0.4, 0.5) is 11.4 Å². The van der Waals surface area contributed by atoms with E-state index >= 15 is 0 Å². The van der Waals surface area contributed by atoms with Crippen LogP contribution in [0.2, 0.25) is 0 Å². The molecule has 116 valence electrons.